The molecule has 1 saturated carbocycles. The van der Waals surface area contributed by atoms with E-state index >= 15 is 0 Å². The van der Waals surface area contributed by atoms with Gasteiger partial charge in [-0.2, -0.15) is 0 Å². The molecule has 4 heteroatoms. The monoisotopic (exact) mass is 373 g/mol. The van der Waals surface area contributed by atoms with Gasteiger partial charge in [0.15, 0.2) is 0 Å². The van der Waals surface area contributed by atoms with Gasteiger partial charge in [-0.3, -0.25) is 4.79 Å². The summed E-state index contributed by atoms with van der Waals surface area (Å²) < 4.78 is 0. The summed E-state index contributed by atoms with van der Waals surface area (Å²) in [6, 6.07) is 16.7. The second kappa shape index (κ2) is 8.01. The highest BCUT2D eigenvalue weighted by Gasteiger charge is 2.20. The van der Waals surface area contributed by atoms with Crippen molar-refractivity contribution in [3.05, 3.63) is 59.7 Å². The second-order valence-electron chi connectivity index (χ2n) is 7.84. The Morgan fingerprint density at radius 2 is 2.00 bits per heavy atom. The molecule has 144 valence electrons. The van der Waals surface area contributed by atoms with Crippen molar-refractivity contribution in [1.82, 2.24) is 10.3 Å². The highest BCUT2D eigenvalue weighted by Crippen LogP contribution is 2.31. The van der Waals surface area contributed by atoms with Crippen molar-refractivity contribution in [2.45, 2.75) is 39.0 Å². The standard InChI is InChI=1S/C24H27N3O/c1-16-4-2-3-5-21(16)18-8-10-22-20(14-18)15-19(24(25)27-22)9-11-23(28)26-13-12-17-6-7-17/h2-5,8,10,14-15,17H,6-7,9,11-13H2,1H3,(H2,25,27)(H,26,28). The molecule has 0 aliphatic heterocycles. The number of carbonyl (C=O) groups is 1. The molecule has 1 aromatic heterocycles. The molecular formula is C24H27N3O. The third-order valence-corrected chi connectivity index (χ3v) is 5.58. The first-order valence-electron chi connectivity index (χ1n) is 10.1. The van der Waals surface area contributed by atoms with Crippen molar-refractivity contribution in [1.29, 1.82) is 0 Å². The number of amides is 1. The number of pyridine rings is 1. The van der Waals surface area contributed by atoms with Crippen molar-refractivity contribution < 1.29 is 4.79 Å². The Morgan fingerprint density at radius 1 is 1.18 bits per heavy atom. The van der Waals surface area contributed by atoms with Crippen molar-refractivity contribution in [2.75, 3.05) is 12.3 Å². The van der Waals surface area contributed by atoms with E-state index in [0.717, 1.165) is 35.3 Å². The van der Waals surface area contributed by atoms with Crippen LogP contribution in [-0.2, 0) is 11.2 Å². The molecule has 0 atom stereocenters. The first-order valence-corrected chi connectivity index (χ1v) is 10.1. The maximum absolute atomic E-state index is 12.1. The van der Waals surface area contributed by atoms with E-state index < -0.39 is 0 Å². The molecule has 1 aliphatic carbocycles. The van der Waals surface area contributed by atoms with Crippen LogP contribution >= 0.6 is 0 Å². The quantitative estimate of drug-likeness (QED) is 0.634. The molecule has 0 saturated heterocycles. The maximum atomic E-state index is 12.1. The summed E-state index contributed by atoms with van der Waals surface area (Å²) in [4.78, 5) is 16.6. The van der Waals surface area contributed by atoms with Gasteiger partial charge in [-0.15, -0.1) is 0 Å². The predicted molar refractivity (Wildman–Crippen MR) is 115 cm³/mol. The number of aromatic nitrogens is 1. The molecule has 1 fully saturated rings. The van der Waals surface area contributed by atoms with E-state index in [1.54, 1.807) is 0 Å². The Bertz CT molecular complexity index is 1010. The topological polar surface area (TPSA) is 68.0 Å². The lowest BCUT2D eigenvalue weighted by atomic mass is 9.98. The molecule has 0 bridgehead atoms. The Morgan fingerprint density at radius 3 is 2.79 bits per heavy atom. The molecule has 0 spiro atoms. The molecule has 4 rings (SSSR count). The molecule has 3 aromatic rings. The molecular weight excluding hydrogens is 346 g/mol. The first kappa shape index (κ1) is 18.5. The fourth-order valence-corrected chi connectivity index (χ4v) is 3.66. The fourth-order valence-electron chi connectivity index (χ4n) is 3.66. The molecule has 1 heterocycles. The average molecular weight is 374 g/mol. The summed E-state index contributed by atoms with van der Waals surface area (Å²) in [6.07, 6.45) is 4.80. The Labute approximate surface area is 166 Å². The van der Waals surface area contributed by atoms with E-state index in [1.165, 1.54) is 29.5 Å². The van der Waals surface area contributed by atoms with Crippen LogP contribution in [0.2, 0.25) is 0 Å². The Hall–Kier alpha value is -2.88. The predicted octanol–water partition coefficient (Wildman–Crippen LogP) is 4.64. The minimum Gasteiger partial charge on any atom is -0.383 e. The van der Waals surface area contributed by atoms with Gasteiger partial charge in [-0.25, -0.2) is 4.98 Å². The highest BCUT2D eigenvalue weighted by molar-refractivity contribution is 5.87. The Kier molecular flexibility index (Phi) is 5.29. The number of nitrogens with two attached hydrogens (primary N) is 1. The number of nitrogen functional groups attached to an aromatic ring is 1. The van der Waals surface area contributed by atoms with Crippen molar-refractivity contribution in [3.8, 4) is 11.1 Å². The Balaban J connectivity index is 1.49. The molecule has 0 unspecified atom stereocenters. The van der Waals surface area contributed by atoms with Gasteiger partial charge in [-0.05, 0) is 66.1 Å². The number of hydrogen-bond donors (Lipinski definition) is 2. The first-order chi connectivity index (χ1) is 13.6. The fraction of sp³-hybridized carbons (Fsp3) is 0.333. The van der Waals surface area contributed by atoms with Crippen LogP contribution in [0.15, 0.2) is 48.5 Å². The summed E-state index contributed by atoms with van der Waals surface area (Å²) in [5, 5.41) is 4.07. The van der Waals surface area contributed by atoms with Gasteiger partial charge < -0.3 is 11.1 Å². The summed E-state index contributed by atoms with van der Waals surface area (Å²) in [7, 11) is 0. The molecule has 0 radical (unpaired) electrons. The van der Waals surface area contributed by atoms with Gasteiger partial charge >= 0.3 is 0 Å². The molecule has 1 aliphatic rings. The zero-order valence-electron chi connectivity index (χ0n) is 16.4. The number of rotatable bonds is 7. The third kappa shape index (κ3) is 4.33. The molecule has 4 nitrogen and oxygen atoms in total. The minimum absolute atomic E-state index is 0.0915. The van der Waals surface area contributed by atoms with Gasteiger partial charge in [-0.1, -0.05) is 43.2 Å². The lowest BCUT2D eigenvalue weighted by Gasteiger charge is -2.10. The number of anilines is 1. The molecule has 1 amide bonds. The minimum atomic E-state index is 0.0915. The SMILES string of the molecule is Cc1ccccc1-c1ccc2nc(N)c(CCC(=O)NCCC3CC3)cc2c1. The van der Waals surface area contributed by atoms with Crippen LogP contribution in [0.4, 0.5) is 5.82 Å². The number of fused-ring (bicyclic) bond motifs is 1. The van der Waals surface area contributed by atoms with Gasteiger partial charge in [0.05, 0.1) is 5.52 Å². The van der Waals surface area contributed by atoms with Crippen LogP contribution in [0.25, 0.3) is 22.0 Å². The van der Waals surface area contributed by atoms with Crippen LogP contribution in [0.1, 0.15) is 36.8 Å². The van der Waals surface area contributed by atoms with Crippen LogP contribution in [-0.4, -0.2) is 17.4 Å². The normalized spacial score (nSPS) is 13.6. The zero-order valence-corrected chi connectivity index (χ0v) is 16.4. The largest absolute Gasteiger partial charge is 0.383 e. The number of hydrogen-bond acceptors (Lipinski definition) is 3. The van der Waals surface area contributed by atoms with E-state index in [0.29, 0.717) is 18.7 Å². The van der Waals surface area contributed by atoms with E-state index in [2.05, 4.69) is 59.7 Å². The number of aryl methyl sites for hydroxylation is 2. The van der Waals surface area contributed by atoms with E-state index in [9.17, 15) is 4.79 Å². The van der Waals surface area contributed by atoms with Gasteiger partial charge in [0, 0.05) is 18.4 Å². The maximum Gasteiger partial charge on any atom is 0.220 e. The summed E-state index contributed by atoms with van der Waals surface area (Å²) in [5.41, 5.74) is 11.6. The number of carbonyl (C=O) groups excluding carboxylic acids is 1. The van der Waals surface area contributed by atoms with Crippen LogP contribution in [0.3, 0.4) is 0 Å². The van der Waals surface area contributed by atoms with Crippen molar-refractivity contribution >= 4 is 22.6 Å². The number of nitrogens with zero attached hydrogens (tertiary/aromatic N) is 1. The van der Waals surface area contributed by atoms with Gasteiger partial charge in [0.25, 0.3) is 0 Å². The lowest BCUT2D eigenvalue weighted by molar-refractivity contribution is -0.121. The van der Waals surface area contributed by atoms with Crippen LogP contribution in [0.5, 0.6) is 0 Å². The molecule has 3 N–H and O–H groups in total. The van der Waals surface area contributed by atoms with Crippen molar-refractivity contribution in [2.24, 2.45) is 5.92 Å². The highest BCUT2D eigenvalue weighted by atomic mass is 16.1. The molecule has 28 heavy (non-hydrogen) atoms. The van der Waals surface area contributed by atoms with Gasteiger partial charge in [0.1, 0.15) is 5.82 Å². The average Bonchev–Trinajstić information content (AvgIpc) is 3.51. The van der Waals surface area contributed by atoms with E-state index in [4.69, 9.17) is 5.73 Å². The summed E-state index contributed by atoms with van der Waals surface area (Å²) in [6.45, 7) is 2.91. The third-order valence-electron chi connectivity index (χ3n) is 5.58. The van der Waals surface area contributed by atoms with E-state index in [1.807, 2.05) is 6.07 Å². The summed E-state index contributed by atoms with van der Waals surface area (Å²) in [5.74, 6) is 1.44. The smallest absolute Gasteiger partial charge is 0.220 e. The lowest BCUT2D eigenvalue weighted by Crippen LogP contribution is -2.25. The molecule has 2 aromatic carbocycles. The van der Waals surface area contributed by atoms with Crippen molar-refractivity contribution in [3.63, 3.8) is 0 Å². The second-order valence-corrected chi connectivity index (χ2v) is 7.84. The van der Waals surface area contributed by atoms with Crippen LogP contribution < -0.4 is 11.1 Å². The summed E-state index contributed by atoms with van der Waals surface area (Å²) >= 11 is 0. The van der Waals surface area contributed by atoms with E-state index in [-0.39, 0.29) is 5.91 Å². The zero-order chi connectivity index (χ0) is 19.5. The number of nitrogens with one attached hydrogen (secondary N) is 1. The van der Waals surface area contributed by atoms with Crippen LogP contribution in [0, 0.1) is 12.8 Å². The number of benzene rings is 2. The van der Waals surface area contributed by atoms with Gasteiger partial charge in [0.2, 0.25) is 5.91 Å².